The van der Waals surface area contributed by atoms with Crippen molar-refractivity contribution < 1.29 is 14.4 Å². The summed E-state index contributed by atoms with van der Waals surface area (Å²) in [7, 11) is 3.38. The van der Waals surface area contributed by atoms with E-state index in [0.29, 0.717) is 29.9 Å². The van der Waals surface area contributed by atoms with Crippen LogP contribution in [0.3, 0.4) is 0 Å². The number of methoxy groups -OCH3 is 1. The van der Waals surface area contributed by atoms with Crippen LogP contribution in [0.25, 0.3) is 10.9 Å². The third-order valence-electron chi connectivity index (χ3n) is 6.03. The van der Waals surface area contributed by atoms with Gasteiger partial charge in [0.1, 0.15) is 11.8 Å². The van der Waals surface area contributed by atoms with Gasteiger partial charge in [-0.2, -0.15) is 0 Å². The number of piperazine rings is 1. The Labute approximate surface area is 181 Å². The van der Waals surface area contributed by atoms with Crippen LogP contribution in [0.4, 0.5) is 10.5 Å². The molecule has 0 saturated carbocycles. The average Bonchev–Trinajstić information content (AvgIpc) is 2.81. The normalized spacial score (nSPS) is 15.6. The molecule has 162 valence electrons. The Bertz CT molecular complexity index is 1150. The van der Waals surface area contributed by atoms with Gasteiger partial charge < -0.3 is 19.9 Å². The summed E-state index contributed by atoms with van der Waals surface area (Å²) in [5.74, 6) is 1.47. The highest BCUT2D eigenvalue weighted by Crippen LogP contribution is 2.17. The largest absolute Gasteiger partial charge is 0.497 e. The highest BCUT2D eigenvalue weighted by atomic mass is 16.5. The van der Waals surface area contributed by atoms with E-state index in [-0.39, 0.29) is 17.6 Å². The molecule has 2 amide bonds. The van der Waals surface area contributed by atoms with Crippen molar-refractivity contribution in [1.82, 2.24) is 14.5 Å². The molecule has 8 nitrogen and oxygen atoms in total. The van der Waals surface area contributed by atoms with Crippen molar-refractivity contribution in [2.45, 2.75) is 13.0 Å². The Morgan fingerprint density at radius 3 is 2.65 bits per heavy atom. The standard InChI is InChI=1S/C23H27N5O3/c1-16(21-25-20-10-5-4-9-19(20)22(29)26(21)2)27-11-13-28(14-12-27)23(30)24-17-7-6-8-18(15-17)31-3/h4-10,15-16H,11-14H2,1-3H3,(H,24,30)/p+1/t16-/m0/s1. The minimum atomic E-state index is -0.115. The van der Waals surface area contributed by atoms with E-state index >= 15 is 0 Å². The van der Waals surface area contributed by atoms with Crippen molar-refractivity contribution in [3.05, 3.63) is 64.7 Å². The molecule has 31 heavy (non-hydrogen) atoms. The van der Waals surface area contributed by atoms with Crippen LogP contribution in [0.15, 0.2) is 53.3 Å². The number of hydrogen-bond acceptors (Lipinski definition) is 4. The molecule has 2 N–H and O–H groups in total. The first-order valence-electron chi connectivity index (χ1n) is 10.5. The summed E-state index contributed by atoms with van der Waals surface area (Å²) in [5, 5.41) is 3.57. The number of urea groups is 1. The number of amides is 2. The van der Waals surface area contributed by atoms with Crippen molar-refractivity contribution in [2.24, 2.45) is 7.05 Å². The van der Waals surface area contributed by atoms with Gasteiger partial charge in [0, 0.05) is 18.8 Å². The Balaban J connectivity index is 1.42. The Morgan fingerprint density at radius 2 is 1.90 bits per heavy atom. The molecule has 1 fully saturated rings. The van der Waals surface area contributed by atoms with Gasteiger partial charge in [-0.15, -0.1) is 0 Å². The van der Waals surface area contributed by atoms with Gasteiger partial charge in [0.2, 0.25) is 0 Å². The minimum Gasteiger partial charge on any atom is -0.497 e. The molecule has 1 aliphatic rings. The number of ether oxygens (including phenoxy) is 1. The lowest BCUT2D eigenvalue weighted by Gasteiger charge is -2.35. The maximum absolute atomic E-state index is 12.7. The summed E-state index contributed by atoms with van der Waals surface area (Å²) in [6.07, 6.45) is 0. The summed E-state index contributed by atoms with van der Waals surface area (Å²) in [5.41, 5.74) is 1.41. The van der Waals surface area contributed by atoms with E-state index < -0.39 is 0 Å². The predicted molar refractivity (Wildman–Crippen MR) is 120 cm³/mol. The van der Waals surface area contributed by atoms with Crippen molar-refractivity contribution in [2.75, 3.05) is 38.6 Å². The first kappa shape index (κ1) is 20.9. The van der Waals surface area contributed by atoms with Crippen LogP contribution in [-0.4, -0.2) is 53.8 Å². The van der Waals surface area contributed by atoms with E-state index in [9.17, 15) is 9.59 Å². The first-order chi connectivity index (χ1) is 15.0. The molecule has 0 aliphatic carbocycles. The summed E-state index contributed by atoms with van der Waals surface area (Å²) in [6, 6.07) is 14.7. The number of fused-ring (bicyclic) bond motifs is 1. The number of benzene rings is 2. The molecule has 2 heterocycles. The number of aromatic nitrogens is 2. The fourth-order valence-electron chi connectivity index (χ4n) is 4.14. The Morgan fingerprint density at radius 1 is 1.16 bits per heavy atom. The fraction of sp³-hybridized carbons (Fsp3) is 0.348. The quantitative estimate of drug-likeness (QED) is 0.667. The zero-order valence-corrected chi connectivity index (χ0v) is 18.1. The van der Waals surface area contributed by atoms with Gasteiger partial charge >= 0.3 is 6.03 Å². The molecule has 0 unspecified atom stereocenters. The average molecular weight is 423 g/mol. The molecular formula is C23H28N5O3+. The molecule has 1 aliphatic heterocycles. The van der Waals surface area contributed by atoms with Crippen molar-refractivity contribution in [3.8, 4) is 5.75 Å². The van der Waals surface area contributed by atoms with Gasteiger partial charge in [0.15, 0.2) is 5.82 Å². The zero-order valence-electron chi connectivity index (χ0n) is 18.1. The monoisotopic (exact) mass is 422 g/mol. The number of rotatable bonds is 4. The summed E-state index contributed by atoms with van der Waals surface area (Å²) < 4.78 is 6.87. The van der Waals surface area contributed by atoms with Crippen LogP contribution < -0.4 is 20.5 Å². The number of nitrogens with one attached hydrogen (secondary N) is 2. The number of carbonyl (C=O) groups is 1. The van der Waals surface area contributed by atoms with Gasteiger partial charge in [-0.25, -0.2) is 9.78 Å². The fourth-order valence-corrected chi connectivity index (χ4v) is 4.14. The van der Waals surface area contributed by atoms with E-state index in [1.807, 2.05) is 47.4 Å². The minimum absolute atomic E-state index is 0.0249. The predicted octanol–water partition coefficient (Wildman–Crippen LogP) is 1.44. The Hall–Kier alpha value is -3.39. The number of hydrogen-bond donors (Lipinski definition) is 2. The first-order valence-corrected chi connectivity index (χ1v) is 10.5. The topological polar surface area (TPSA) is 80.9 Å². The van der Waals surface area contributed by atoms with E-state index in [2.05, 4.69) is 12.2 Å². The number of carbonyl (C=O) groups excluding carboxylic acids is 1. The van der Waals surface area contributed by atoms with Crippen molar-refractivity contribution in [1.29, 1.82) is 0 Å². The number of nitrogens with zero attached hydrogens (tertiary/aromatic N) is 3. The maximum Gasteiger partial charge on any atom is 0.322 e. The molecular weight excluding hydrogens is 394 g/mol. The second-order valence-corrected chi connectivity index (χ2v) is 7.88. The van der Waals surface area contributed by atoms with Gasteiger partial charge in [-0.05, 0) is 31.2 Å². The van der Waals surface area contributed by atoms with Crippen molar-refractivity contribution >= 4 is 22.6 Å². The molecule has 1 aromatic heterocycles. The van der Waals surface area contributed by atoms with E-state index in [1.54, 1.807) is 24.8 Å². The summed E-state index contributed by atoms with van der Waals surface area (Å²) in [4.78, 5) is 33.3. The molecule has 3 aromatic rings. The van der Waals surface area contributed by atoms with Gasteiger partial charge in [-0.1, -0.05) is 18.2 Å². The van der Waals surface area contributed by atoms with E-state index in [1.165, 1.54) is 4.90 Å². The molecule has 0 radical (unpaired) electrons. The highest BCUT2D eigenvalue weighted by molar-refractivity contribution is 5.89. The van der Waals surface area contributed by atoms with Gasteiger partial charge in [0.25, 0.3) is 5.56 Å². The molecule has 1 atom stereocenters. The molecule has 8 heteroatoms. The van der Waals surface area contributed by atoms with Gasteiger partial charge in [0.05, 0.1) is 44.2 Å². The number of anilines is 1. The van der Waals surface area contributed by atoms with Crippen LogP contribution in [0.1, 0.15) is 18.8 Å². The van der Waals surface area contributed by atoms with Crippen molar-refractivity contribution in [3.63, 3.8) is 0 Å². The lowest BCUT2D eigenvalue weighted by Crippen LogP contribution is -3.15. The lowest BCUT2D eigenvalue weighted by atomic mass is 10.2. The third kappa shape index (κ3) is 4.25. The highest BCUT2D eigenvalue weighted by Gasteiger charge is 2.30. The Kier molecular flexibility index (Phi) is 5.90. The van der Waals surface area contributed by atoms with Crippen LogP contribution in [0, 0.1) is 0 Å². The summed E-state index contributed by atoms with van der Waals surface area (Å²) >= 11 is 0. The third-order valence-corrected chi connectivity index (χ3v) is 6.03. The van der Waals surface area contributed by atoms with Gasteiger partial charge in [-0.3, -0.25) is 9.36 Å². The molecule has 0 spiro atoms. The molecule has 2 aromatic carbocycles. The smallest absolute Gasteiger partial charge is 0.322 e. The lowest BCUT2D eigenvalue weighted by molar-refractivity contribution is -0.934. The second-order valence-electron chi connectivity index (χ2n) is 7.88. The van der Waals surface area contributed by atoms with Crippen LogP contribution in [0.5, 0.6) is 5.75 Å². The van der Waals surface area contributed by atoms with Crippen LogP contribution >= 0.6 is 0 Å². The molecule has 0 bridgehead atoms. The summed E-state index contributed by atoms with van der Waals surface area (Å²) in [6.45, 7) is 4.94. The maximum atomic E-state index is 12.7. The zero-order chi connectivity index (χ0) is 22.0. The second kappa shape index (κ2) is 8.77. The molecule has 4 rings (SSSR count). The SMILES string of the molecule is COc1cccc(NC(=O)N2CC[NH+]([C@@H](C)c3nc4ccccc4c(=O)n3C)CC2)c1. The number of quaternary nitrogens is 1. The molecule has 1 saturated heterocycles. The number of para-hydroxylation sites is 1. The van der Waals surface area contributed by atoms with E-state index in [4.69, 9.17) is 9.72 Å². The van der Waals surface area contributed by atoms with Crippen LogP contribution in [-0.2, 0) is 7.05 Å². The van der Waals surface area contributed by atoms with Crippen LogP contribution in [0.2, 0.25) is 0 Å². The van der Waals surface area contributed by atoms with E-state index in [0.717, 1.165) is 24.4 Å².